The van der Waals surface area contributed by atoms with Crippen molar-refractivity contribution in [3.8, 4) is 33.4 Å². The topological polar surface area (TPSA) is 13.1 Å². The van der Waals surface area contributed by atoms with Gasteiger partial charge in [0.05, 0.1) is 0 Å². The average Bonchev–Trinajstić information content (AvgIpc) is 3.44. The maximum absolute atomic E-state index is 6.59. The summed E-state index contributed by atoms with van der Waals surface area (Å²) in [6.45, 7) is 9.01. The van der Waals surface area contributed by atoms with Crippen molar-refractivity contribution in [1.29, 1.82) is 0 Å². The van der Waals surface area contributed by atoms with Gasteiger partial charge in [0.1, 0.15) is 11.2 Å². The van der Waals surface area contributed by atoms with Gasteiger partial charge in [-0.05, 0) is 114 Å². The minimum atomic E-state index is 0.0771. The summed E-state index contributed by atoms with van der Waals surface area (Å²) in [6.07, 6.45) is 0. The van der Waals surface area contributed by atoms with E-state index in [-0.39, 0.29) is 5.41 Å². The Morgan fingerprint density at radius 3 is 1.61 bits per heavy atom. The van der Waals surface area contributed by atoms with E-state index in [2.05, 4.69) is 161 Å². The van der Waals surface area contributed by atoms with Gasteiger partial charge in [0.15, 0.2) is 0 Å². The average molecular weight is 591 g/mol. The van der Waals surface area contributed by atoms with Crippen LogP contribution in [0.25, 0.3) is 87.6 Å². The molecule has 1 aromatic heterocycles. The molecule has 46 heavy (non-hydrogen) atoms. The largest absolute Gasteiger partial charge is 0.456 e. The van der Waals surface area contributed by atoms with Crippen molar-refractivity contribution in [3.63, 3.8) is 0 Å². The van der Waals surface area contributed by atoms with Gasteiger partial charge < -0.3 is 4.42 Å². The van der Waals surface area contributed by atoms with Crippen LogP contribution in [0, 0.1) is 6.92 Å². The fourth-order valence-corrected chi connectivity index (χ4v) is 7.31. The first kappa shape index (κ1) is 27.0. The summed E-state index contributed by atoms with van der Waals surface area (Å²) in [5.74, 6) is 0. The second-order valence-corrected chi connectivity index (χ2v) is 13.9. The zero-order chi connectivity index (χ0) is 31.2. The van der Waals surface area contributed by atoms with Crippen molar-refractivity contribution in [2.75, 3.05) is 0 Å². The van der Waals surface area contributed by atoms with Gasteiger partial charge in [-0.2, -0.15) is 0 Å². The summed E-state index contributed by atoms with van der Waals surface area (Å²) in [4.78, 5) is 0. The molecule has 1 heterocycles. The Kier molecular flexibility index (Phi) is 5.74. The third-order valence-corrected chi connectivity index (χ3v) is 9.84. The summed E-state index contributed by atoms with van der Waals surface area (Å²) >= 11 is 0. The Morgan fingerprint density at radius 1 is 0.435 bits per heavy atom. The maximum Gasteiger partial charge on any atom is 0.136 e. The normalized spacial score (nSPS) is 12.3. The molecule has 1 heteroatoms. The van der Waals surface area contributed by atoms with Gasteiger partial charge in [-0.3, -0.25) is 0 Å². The second kappa shape index (κ2) is 9.80. The van der Waals surface area contributed by atoms with Crippen molar-refractivity contribution in [2.24, 2.45) is 0 Å². The third kappa shape index (κ3) is 4.16. The van der Waals surface area contributed by atoms with Crippen LogP contribution in [0.2, 0.25) is 0 Å². The molecule has 0 saturated heterocycles. The molecule has 0 amide bonds. The van der Waals surface area contributed by atoms with Crippen LogP contribution in [-0.4, -0.2) is 0 Å². The fraction of sp³-hybridized carbons (Fsp3) is 0.111. The monoisotopic (exact) mass is 590 g/mol. The van der Waals surface area contributed by atoms with Gasteiger partial charge in [0, 0.05) is 10.8 Å². The SMILES string of the molecule is Cc1ccc(-c2ccc3c(c2)oc2cc(-c4cc(-c5ccccc5)c5ccc6cc(C(C)(C)C)cc7ccc4c5c67)ccc23)cc1. The first-order chi connectivity index (χ1) is 22.3. The minimum absolute atomic E-state index is 0.0771. The summed E-state index contributed by atoms with van der Waals surface area (Å²) < 4.78 is 6.59. The molecule has 0 fully saturated rings. The van der Waals surface area contributed by atoms with E-state index < -0.39 is 0 Å². The Morgan fingerprint density at radius 2 is 0.978 bits per heavy atom. The van der Waals surface area contributed by atoms with Crippen LogP contribution in [0.1, 0.15) is 31.9 Å². The van der Waals surface area contributed by atoms with Crippen molar-refractivity contribution < 1.29 is 4.42 Å². The lowest BCUT2D eigenvalue weighted by atomic mass is 9.81. The Balaban J connectivity index is 1.29. The molecule has 8 aromatic carbocycles. The number of fused-ring (bicyclic) bond motifs is 3. The van der Waals surface area contributed by atoms with Gasteiger partial charge in [-0.25, -0.2) is 0 Å². The number of rotatable bonds is 3. The number of furan rings is 1. The van der Waals surface area contributed by atoms with E-state index in [0.717, 1.165) is 27.5 Å². The van der Waals surface area contributed by atoms with Crippen molar-refractivity contribution >= 4 is 54.3 Å². The molecule has 9 aromatic rings. The van der Waals surface area contributed by atoms with Crippen molar-refractivity contribution in [3.05, 3.63) is 145 Å². The molecule has 0 unspecified atom stereocenters. The molecule has 0 radical (unpaired) electrons. The maximum atomic E-state index is 6.59. The van der Waals surface area contributed by atoms with E-state index in [1.807, 2.05) is 0 Å². The van der Waals surface area contributed by atoms with Crippen molar-refractivity contribution in [1.82, 2.24) is 0 Å². The van der Waals surface area contributed by atoms with Gasteiger partial charge in [0.25, 0.3) is 0 Å². The lowest BCUT2D eigenvalue weighted by molar-refractivity contribution is 0.591. The molecule has 9 rings (SSSR count). The zero-order valence-electron chi connectivity index (χ0n) is 26.6. The minimum Gasteiger partial charge on any atom is -0.456 e. The Labute approximate surface area is 269 Å². The smallest absolute Gasteiger partial charge is 0.136 e. The molecule has 0 N–H and O–H groups in total. The van der Waals surface area contributed by atoms with E-state index in [4.69, 9.17) is 4.42 Å². The molecule has 0 aliphatic rings. The lowest BCUT2D eigenvalue weighted by Gasteiger charge is -2.23. The highest BCUT2D eigenvalue weighted by Crippen LogP contribution is 2.46. The molecule has 0 aliphatic carbocycles. The number of benzene rings is 8. The van der Waals surface area contributed by atoms with Crippen LogP contribution in [0.15, 0.2) is 138 Å². The number of aryl methyl sites for hydroxylation is 1. The zero-order valence-corrected chi connectivity index (χ0v) is 26.6. The highest BCUT2D eigenvalue weighted by atomic mass is 16.3. The summed E-state index contributed by atoms with van der Waals surface area (Å²) in [5, 5.41) is 10.1. The molecule has 0 atom stereocenters. The summed E-state index contributed by atoms with van der Waals surface area (Å²) in [6, 6.07) is 49.3. The van der Waals surface area contributed by atoms with E-state index in [9.17, 15) is 0 Å². The standard InChI is InChI=1S/C45H34O/c1-27-10-12-28(13-11-27)30-14-18-35-36-19-15-31(25-42(36)46-41(35)24-30)40-26-39(29-8-6-5-7-9-29)37-20-16-32-22-34(45(2,3)4)23-33-17-21-38(40)44(37)43(32)33/h5-26H,1-4H3. The molecule has 0 spiro atoms. The van der Waals surface area contributed by atoms with Crippen LogP contribution < -0.4 is 0 Å². The highest BCUT2D eigenvalue weighted by molar-refractivity contribution is 6.28. The Bertz CT molecular complexity index is 2570. The predicted molar refractivity (Wildman–Crippen MR) is 197 cm³/mol. The van der Waals surface area contributed by atoms with Gasteiger partial charge in [-0.15, -0.1) is 0 Å². The van der Waals surface area contributed by atoms with Gasteiger partial charge in [-0.1, -0.05) is 129 Å². The van der Waals surface area contributed by atoms with E-state index in [1.54, 1.807) is 0 Å². The van der Waals surface area contributed by atoms with Crippen LogP contribution in [0.3, 0.4) is 0 Å². The summed E-state index contributed by atoms with van der Waals surface area (Å²) in [7, 11) is 0. The van der Waals surface area contributed by atoms with Gasteiger partial charge >= 0.3 is 0 Å². The number of hydrogen-bond acceptors (Lipinski definition) is 1. The van der Waals surface area contributed by atoms with Gasteiger partial charge in [0.2, 0.25) is 0 Å². The highest BCUT2D eigenvalue weighted by Gasteiger charge is 2.20. The molecule has 0 aliphatic heterocycles. The van der Waals surface area contributed by atoms with E-state index in [1.165, 1.54) is 71.3 Å². The second-order valence-electron chi connectivity index (χ2n) is 13.9. The van der Waals surface area contributed by atoms with Crippen LogP contribution in [0.5, 0.6) is 0 Å². The molecular weight excluding hydrogens is 556 g/mol. The molecule has 220 valence electrons. The summed E-state index contributed by atoms with van der Waals surface area (Å²) in [5.41, 5.74) is 11.8. The third-order valence-electron chi connectivity index (χ3n) is 9.84. The molecule has 0 bridgehead atoms. The van der Waals surface area contributed by atoms with Crippen molar-refractivity contribution in [2.45, 2.75) is 33.1 Å². The molecular formula is C45H34O. The number of hydrogen-bond donors (Lipinski definition) is 0. The van der Waals surface area contributed by atoms with Crippen LogP contribution in [-0.2, 0) is 5.41 Å². The van der Waals surface area contributed by atoms with E-state index in [0.29, 0.717) is 0 Å². The molecule has 1 nitrogen and oxygen atoms in total. The predicted octanol–water partition coefficient (Wildman–Crippen LogP) is 13.1. The lowest BCUT2D eigenvalue weighted by Crippen LogP contribution is -2.10. The van der Waals surface area contributed by atoms with E-state index >= 15 is 0 Å². The fourth-order valence-electron chi connectivity index (χ4n) is 7.31. The first-order valence-electron chi connectivity index (χ1n) is 16.2. The van der Waals surface area contributed by atoms with Crippen LogP contribution in [0.4, 0.5) is 0 Å². The quantitative estimate of drug-likeness (QED) is 0.187. The van der Waals surface area contributed by atoms with Crippen LogP contribution >= 0.6 is 0 Å². The first-order valence-corrected chi connectivity index (χ1v) is 16.2. The Hall–Kier alpha value is -5.40. The molecule has 0 saturated carbocycles.